The maximum absolute atomic E-state index is 12.8. The standard InChI is InChI=1S/C21H31N3O2/c1-16(25)22-15-18-9-5-10-19(23-18)20-11-6-14-24(20)21(26)13-12-17-7-3-2-4-8-17/h5,9-10,17,20H,2-4,6-8,11-15H2,1H3,(H,22,25)/t20-/m1/s1. The lowest BCUT2D eigenvalue weighted by molar-refractivity contribution is -0.132. The van der Waals surface area contributed by atoms with Crippen LogP contribution < -0.4 is 5.32 Å². The molecule has 2 aliphatic rings. The molecular formula is C21H31N3O2. The van der Waals surface area contributed by atoms with Crippen molar-refractivity contribution in [1.82, 2.24) is 15.2 Å². The van der Waals surface area contributed by atoms with Gasteiger partial charge in [0.05, 0.1) is 24.0 Å². The van der Waals surface area contributed by atoms with Crippen LogP contribution in [-0.4, -0.2) is 28.2 Å². The number of likely N-dealkylation sites (tertiary alicyclic amines) is 1. The summed E-state index contributed by atoms with van der Waals surface area (Å²) in [6, 6.07) is 5.99. The fourth-order valence-corrected chi connectivity index (χ4v) is 4.32. The van der Waals surface area contributed by atoms with E-state index in [9.17, 15) is 9.59 Å². The molecule has 0 bridgehead atoms. The molecule has 2 heterocycles. The zero-order valence-electron chi connectivity index (χ0n) is 15.9. The molecule has 26 heavy (non-hydrogen) atoms. The average Bonchev–Trinajstić information content (AvgIpc) is 3.15. The first-order valence-corrected chi connectivity index (χ1v) is 10.1. The number of hydrogen-bond acceptors (Lipinski definition) is 3. The van der Waals surface area contributed by atoms with Gasteiger partial charge in [-0.05, 0) is 37.3 Å². The Labute approximate surface area is 156 Å². The molecule has 0 unspecified atom stereocenters. The summed E-state index contributed by atoms with van der Waals surface area (Å²) in [7, 11) is 0. The first kappa shape index (κ1) is 18.9. The lowest BCUT2D eigenvalue weighted by atomic mass is 9.86. The molecule has 1 atom stereocenters. The molecule has 0 aromatic carbocycles. The highest BCUT2D eigenvalue weighted by Gasteiger charge is 2.31. The Bertz CT molecular complexity index is 625. The van der Waals surface area contributed by atoms with Crippen LogP contribution in [0.15, 0.2) is 18.2 Å². The highest BCUT2D eigenvalue weighted by molar-refractivity contribution is 5.77. The summed E-state index contributed by atoms with van der Waals surface area (Å²) in [5, 5.41) is 2.79. The molecule has 1 saturated carbocycles. The van der Waals surface area contributed by atoms with Crippen LogP contribution in [0.2, 0.25) is 0 Å². The van der Waals surface area contributed by atoms with Crippen molar-refractivity contribution in [3.05, 3.63) is 29.6 Å². The summed E-state index contributed by atoms with van der Waals surface area (Å²) in [5.74, 6) is 0.970. The normalized spacial score (nSPS) is 21.0. The van der Waals surface area contributed by atoms with Crippen LogP contribution in [0.3, 0.4) is 0 Å². The third-order valence-electron chi connectivity index (χ3n) is 5.75. The van der Waals surface area contributed by atoms with Gasteiger partial charge < -0.3 is 10.2 Å². The number of nitrogens with zero attached hydrogens (tertiary/aromatic N) is 2. The molecule has 0 radical (unpaired) electrons. The van der Waals surface area contributed by atoms with E-state index in [4.69, 9.17) is 4.98 Å². The minimum absolute atomic E-state index is 0.0578. The maximum Gasteiger partial charge on any atom is 0.223 e. The van der Waals surface area contributed by atoms with Gasteiger partial charge in [0, 0.05) is 19.9 Å². The van der Waals surface area contributed by atoms with E-state index in [-0.39, 0.29) is 17.9 Å². The zero-order chi connectivity index (χ0) is 18.4. The second-order valence-corrected chi connectivity index (χ2v) is 7.75. The zero-order valence-corrected chi connectivity index (χ0v) is 15.9. The molecule has 1 saturated heterocycles. The Kier molecular flexibility index (Phi) is 6.64. The predicted molar refractivity (Wildman–Crippen MR) is 101 cm³/mol. The van der Waals surface area contributed by atoms with E-state index < -0.39 is 0 Å². The second kappa shape index (κ2) is 9.15. The highest BCUT2D eigenvalue weighted by Crippen LogP contribution is 2.33. The first-order chi connectivity index (χ1) is 12.6. The van der Waals surface area contributed by atoms with E-state index in [1.807, 2.05) is 23.1 Å². The lowest BCUT2D eigenvalue weighted by Gasteiger charge is -2.26. The molecule has 1 N–H and O–H groups in total. The van der Waals surface area contributed by atoms with Crippen LogP contribution in [0.1, 0.15) is 82.1 Å². The number of nitrogens with one attached hydrogen (secondary N) is 1. The molecular weight excluding hydrogens is 326 g/mol. The largest absolute Gasteiger partial charge is 0.351 e. The van der Waals surface area contributed by atoms with Crippen molar-refractivity contribution in [1.29, 1.82) is 0 Å². The van der Waals surface area contributed by atoms with E-state index in [0.717, 1.165) is 43.1 Å². The summed E-state index contributed by atoms with van der Waals surface area (Å²) in [5.41, 5.74) is 1.80. The van der Waals surface area contributed by atoms with Gasteiger partial charge in [0.1, 0.15) is 0 Å². The first-order valence-electron chi connectivity index (χ1n) is 10.1. The minimum Gasteiger partial charge on any atom is -0.351 e. The fourth-order valence-electron chi connectivity index (χ4n) is 4.32. The van der Waals surface area contributed by atoms with Crippen molar-refractivity contribution in [3.63, 3.8) is 0 Å². The van der Waals surface area contributed by atoms with E-state index in [1.165, 1.54) is 39.0 Å². The number of carbonyl (C=O) groups excluding carboxylic acids is 2. The van der Waals surface area contributed by atoms with Gasteiger partial charge in [0.2, 0.25) is 11.8 Å². The van der Waals surface area contributed by atoms with Gasteiger partial charge in [-0.2, -0.15) is 0 Å². The van der Waals surface area contributed by atoms with Gasteiger partial charge in [0.25, 0.3) is 0 Å². The van der Waals surface area contributed by atoms with Crippen LogP contribution >= 0.6 is 0 Å². The van der Waals surface area contributed by atoms with Crippen molar-refractivity contribution in [2.75, 3.05) is 6.54 Å². The smallest absolute Gasteiger partial charge is 0.223 e. The van der Waals surface area contributed by atoms with Crippen molar-refractivity contribution in [3.8, 4) is 0 Å². The summed E-state index contributed by atoms with van der Waals surface area (Å²) < 4.78 is 0. The Morgan fingerprint density at radius 1 is 1.15 bits per heavy atom. The van der Waals surface area contributed by atoms with Gasteiger partial charge in [-0.1, -0.05) is 38.2 Å². The van der Waals surface area contributed by atoms with Crippen molar-refractivity contribution in [2.45, 2.75) is 77.3 Å². The number of pyridine rings is 1. The number of rotatable bonds is 6. The number of carbonyl (C=O) groups is 2. The van der Waals surface area contributed by atoms with Gasteiger partial charge in [-0.15, -0.1) is 0 Å². The van der Waals surface area contributed by atoms with Crippen LogP contribution in [0.5, 0.6) is 0 Å². The third-order valence-corrected chi connectivity index (χ3v) is 5.75. The average molecular weight is 357 g/mol. The molecule has 142 valence electrons. The van der Waals surface area contributed by atoms with E-state index in [0.29, 0.717) is 13.0 Å². The van der Waals surface area contributed by atoms with Crippen molar-refractivity contribution < 1.29 is 9.59 Å². The number of amides is 2. The molecule has 5 heteroatoms. The second-order valence-electron chi connectivity index (χ2n) is 7.75. The molecule has 1 aromatic rings. The lowest BCUT2D eigenvalue weighted by Crippen LogP contribution is -2.31. The Balaban J connectivity index is 1.59. The van der Waals surface area contributed by atoms with Crippen LogP contribution in [0.4, 0.5) is 0 Å². The summed E-state index contributed by atoms with van der Waals surface area (Å²) >= 11 is 0. The topological polar surface area (TPSA) is 62.3 Å². The molecule has 1 aromatic heterocycles. The maximum atomic E-state index is 12.8. The van der Waals surface area contributed by atoms with Crippen LogP contribution in [0, 0.1) is 5.92 Å². The van der Waals surface area contributed by atoms with Gasteiger partial charge in [-0.25, -0.2) is 0 Å². The summed E-state index contributed by atoms with van der Waals surface area (Å²) in [6.07, 6.45) is 10.3. The molecule has 0 spiro atoms. The monoisotopic (exact) mass is 357 g/mol. The van der Waals surface area contributed by atoms with E-state index >= 15 is 0 Å². The quantitative estimate of drug-likeness (QED) is 0.843. The molecule has 2 amide bonds. The number of hydrogen-bond donors (Lipinski definition) is 1. The molecule has 1 aliphatic carbocycles. The SMILES string of the molecule is CC(=O)NCc1cccc([C@H]2CCCN2C(=O)CCC2CCCCC2)n1. The Hall–Kier alpha value is -1.91. The van der Waals surface area contributed by atoms with Crippen molar-refractivity contribution in [2.24, 2.45) is 5.92 Å². The van der Waals surface area contributed by atoms with Gasteiger partial charge >= 0.3 is 0 Å². The van der Waals surface area contributed by atoms with E-state index in [2.05, 4.69) is 5.32 Å². The van der Waals surface area contributed by atoms with Crippen LogP contribution in [0.25, 0.3) is 0 Å². The minimum atomic E-state index is -0.0578. The molecule has 3 rings (SSSR count). The van der Waals surface area contributed by atoms with Crippen molar-refractivity contribution >= 4 is 11.8 Å². The molecule has 5 nitrogen and oxygen atoms in total. The highest BCUT2D eigenvalue weighted by atomic mass is 16.2. The molecule has 1 aliphatic heterocycles. The molecule has 2 fully saturated rings. The van der Waals surface area contributed by atoms with Crippen LogP contribution in [-0.2, 0) is 16.1 Å². The van der Waals surface area contributed by atoms with Gasteiger partial charge in [0.15, 0.2) is 0 Å². The third kappa shape index (κ3) is 5.05. The van der Waals surface area contributed by atoms with E-state index in [1.54, 1.807) is 0 Å². The predicted octanol–water partition coefficient (Wildman–Crippen LogP) is 3.74. The Morgan fingerprint density at radius 3 is 2.73 bits per heavy atom. The summed E-state index contributed by atoms with van der Waals surface area (Å²) in [4.78, 5) is 30.7. The van der Waals surface area contributed by atoms with Gasteiger partial charge in [-0.3, -0.25) is 14.6 Å². The summed E-state index contributed by atoms with van der Waals surface area (Å²) in [6.45, 7) is 2.78. The fraction of sp³-hybridized carbons (Fsp3) is 0.667. The Morgan fingerprint density at radius 2 is 1.96 bits per heavy atom. The number of aromatic nitrogens is 1.